The first-order valence-corrected chi connectivity index (χ1v) is 13.0. The van der Waals surface area contributed by atoms with Gasteiger partial charge in [-0.2, -0.15) is 0 Å². The first-order chi connectivity index (χ1) is 14.5. The molecule has 1 aromatic rings. The van der Waals surface area contributed by atoms with E-state index in [1.807, 2.05) is 0 Å². The molecule has 6 rings (SSSR count). The van der Waals surface area contributed by atoms with Gasteiger partial charge in [-0.1, -0.05) is 13.3 Å². The van der Waals surface area contributed by atoms with E-state index in [0.717, 1.165) is 42.0 Å². The van der Waals surface area contributed by atoms with E-state index in [2.05, 4.69) is 17.6 Å². The summed E-state index contributed by atoms with van der Waals surface area (Å²) >= 11 is 7.48. The Hall–Kier alpha value is -1.14. The Balaban J connectivity index is 1.34. The standard InChI is InChI=1S/C24H34N2O2S2/c1-3-5-19(24-11-14-8-15(12-24)10-16(9-14)13-24)25-23(29)26-21-20(22(27)28-2)17-6-4-7-18(17)30-21/h14-16,19H,3-13H2,1-2H3,(H2,25,26,29). The van der Waals surface area contributed by atoms with Crippen molar-refractivity contribution in [3.05, 3.63) is 16.0 Å². The molecule has 4 nitrogen and oxygen atoms in total. The van der Waals surface area contributed by atoms with E-state index in [1.165, 1.54) is 68.9 Å². The molecule has 0 radical (unpaired) electrons. The molecular formula is C24H34N2O2S2. The number of thiocarbonyl (C=S) groups is 1. The Morgan fingerprint density at radius 1 is 1.20 bits per heavy atom. The smallest absolute Gasteiger partial charge is 0.341 e. The highest BCUT2D eigenvalue weighted by Crippen LogP contribution is 2.61. The molecule has 5 aliphatic rings. The molecule has 1 unspecified atom stereocenters. The van der Waals surface area contributed by atoms with Crippen molar-refractivity contribution < 1.29 is 9.53 Å². The predicted octanol–water partition coefficient (Wildman–Crippen LogP) is 5.69. The molecule has 4 fully saturated rings. The van der Waals surface area contributed by atoms with E-state index in [9.17, 15) is 4.79 Å². The summed E-state index contributed by atoms with van der Waals surface area (Å²) < 4.78 is 5.09. The minimum atomic E-state index is -0.245. The minimum Gasteiger partial charge on any atom is -0.465 e. The third kappa shape index (κ3) is 3.58. The van der Waals surface area contributed by atoms with Gasteiger partial charge in [-0.3, -0.25) is 0 Å². The molecule has 1 heterocycles. The maximum absolute atomic E-state index is 12.5. The number of carbonyl (C=O) groups excluding carboxylic acids is 1. The molecule has 4 bridgehead atoms. The highest BCUT2D eigenvalue weighted by atomic mass is 32.1. The topological polar surface area (TPSA) is 50.4 Å². The second-order valence-corrected chi connectivity index (χ2v) is 11.8. The molecule has 0 amide bonds. The molecule has 164 valence electrons. The third-order valence-electron chi connectivity index (χ3n) is 8.25. The first kappa shape index (κ1) is 20.7. The SMILES string of the molecule is CCCC(NC(=S)Nc1sc2c(c1C(=O)OC)CCC2)C12CC3CC(CC(C3)C1)C2. The van der Waals surface area contributed by atoms with Gasteiger partial charge >= 0.3 is 5.97 Å². The van der Waals surface area contributed by atoms with Crippen molar-refractivity contribution in [2.45, 2.75) is 83.6 Å². The van der Waals surface area contributed by atoms with E-state index < -0.39 is 0 Å². The lowest BCUT2D eigenvalue weighted by atomic mass is 9.47. The summed E-state index contributed by atoms with van der Waals surface area (Å²) in [7, 11) is 1.46. The Morgan fingerprint density at radius 3 is 2.47 bits per heavy atom. The number of rotatable bonds is 6. The van der Waals surface area contributed by atoms with Crippen molar-refractivity contribution >= 4 is 39.6 Å². The van der Waals surface area contributed by atoms with Crippen LogP contribution in [0.25, 0.3) is 0 Å². The molecule has 1 atom stereocenters. The van der Waals surface area contributed by atoms with Crippen molar-refractivity contribution in [1.29, 1.82) is 0 Å². The second kappa shape index (κ2) is 8.09. The number of nitrogens with one attached hydrogen (secondary N) is 2. The van der Waals surface area contributed by atoms with Crippen LogP contribution >= 0.6 is 23.6 Å². The Bertz CT molecular complexity index is 811. The van der Waals surface area contributed by atoms with Gasteiger partial charge in [0, 0.05) is 10.9 Å². The molecule has 30 heavy (non-hydrogen) atoms. The maximum atomic E-state index is 12.5. The number of thiophene rings is 1. The van der Waals surface area contributed by atoms with Crippen LogP contribution in [0.1, 0.15) is 85.5 Å². The Kier molecular flexibility index (Phi) is 5.59. The fourth-order valence-electron chi connectivity index (χ4n) is 7.53. The average Bonchev–Trinajstić information content (AvgIpc) is 3.26. The highest BCUT2D eigenvalue weighted by molar-refractivity contribution is 7.80. The molecule has 4 saturated carbocycles. The number of methoxy groups -OCH3 is 1. The van der Waals surface area contributed by atoms with Gasteiger partial charge in [0.25, 0.3) is 0 Å². The Morgan fingerprint density at radius 2 is 1.87 bits per heavy atom. The number of anilines is 1. The van der Waals surface area contributed by atoms with E-state index in [0.29, 0.717) is 22.1 Å². The normalized spacial score (nSPS) is 32.0. The quantitative estimate of drug-likeness (QED) is 0.434. The maximum Gasteiger partial charge on any atom is 0.341 e. The zero-order valence-electron chi connectivity index (χ0n) is 18.2. The summed E-state index contributed by atoms with van der Waals surface area (Å²) in [5, 5.41) is 8.70. The summed E-state index contributed by atoms with van der Waals surface area (Å²) in [6.45, 7) is 2.28. The zero-order chi connectivity index (χ0) is 20.9. The van der Waals surface area contributed by atoms with Crippen LogP contribution < -0.4 is 10.6 Å². The lowest BCUT2D eigenvalue weighted by Gasteiger charge is -2.59. The number of esters is 1. The number of hydrogen-bond acceptors (Lipinski definition) is 4. The van der Waals surface area contributed by atoms with Crippen molar-refractivity contribution in [2.75, 3.05) is 12.4 Å². The fraction of sp³-hybridized carbons (Fsp3) is 0.750. The van der Waals surface area contributed by atoms with Gasteiger partial charge in [-0.05, 0) is 105 Å². The van der Waals surface area contributed by atoms with Crippen LogP contribution in [-0.2, 0) is 17.6 Å². The summed E-state index contributed by atoms with van der Waals surface area (Å²) in [5.74, 6) is 2.56. The van der Waals surface area contributed by atoms with Gasteiger partial charge in [0.1, 0.15) is 5.00 Å². The summed E-state index contributed by atoms with van der Waals surface area (Å²) in [6, 6.07) is 0.435. The molecule has 2 N–H and O–H groups in total. The van der Waals surface area contributed by atoms with Crippen LogP contribution in [-0.4, -0.2) is 24.2 Å². The van der Waals surface area contributed by atoms with Crippen LogP contribution in [0.15, 0.2) is 0 Å². The van der Waals surface area contributed by atoms with Crippen LogP contribution in [0.2, 0.25) is 0 Å². The number of carbonyl (C=O) groups is 1. The van der Waals surface area contributed by atoms with Crippen LogP contribution in [0.4, 0.5) is 5.00 Å². The molecule has 1 aromatic heterocycles. The molecule has 5 aliphatic carbocycles. The first-order valence-electron chi connectivity index (χ1n) is 11.8. The van der Waals surface area contributed by atoms with Gasteiger partial charge in [0.05, 0.1) is 12.7 Å². The average molecular weight is 447 g/mol. The molecule has 0 spiro atoms. The van der Waals surface area contributed by atoms with Crippen LogP contribution in [0.3, 0.4) is 0 Å². The van der Waals surface area contributed by atoms with Gasteiger partial charge in [-0.25, -0.2) is 4.79 Å². The molecule has 0 aromatic carbocycles. The number of ether oxygens (including phenoxy) is 1. The number of hydrogen-bond donors (Lipinski definition) is 2. The van der Waals surface area contributed by atoms with E-state index in [4.69, 9.17) is 17.0 Å². The minimum absolute atomic E-state index is 0.245. The predicted molar refractivity (Wildman–Crippen MR) is 126 cm³/mol. The number of fused-ring (bicyclic) bond motifs is 1. The van der Waals surface area contributed by atoms with Gasteiger partial charge in [0.2, 0.25) is 0 Å². The largest absolute Gasteiger partial charge is 0.465 e. The van der Waals surface area contributed by atoms with E-state index in [-0.39, 0.29) is 5.97 Å². The number of aryl methyl sites for hydroxylation is 1. The van der Waals surface area contributed by atoms with Crippen molar-refractivity contribution in [3.8, 4) is 0 Å². The molecule has 0 saturated heterocycles. The highest BCUT2D eigenvalue weighted by Gasteiger charge is 2.54. The van der Waals surface area contributed by atoms with Crippen molar-refractivity contribution in [1.82, 2.24) is 5.32 Å². The summed E-state index contributed by atoms with van der Waals surface area (Å²) in [5.41, 5.74) is 2.29. The van der Waals surface area contributed by atoms with Gasteiger partial charge < -0.3 is 15.4 Å². The summed E-state index contributed by atoms with van der Waals surface area (Å²) in [4.78, 5) is 13.8. The van der Waals surface area contributed by atoms with Crippen molar-refractivity contribution in [2.24, 2.45) is 23.2 Å². The second-order valence-electron chi connectivity index (χ2n) is 10.3. The molecule has 0 aliphatic heterocycles. The molecular weight excluding hydrogens is 412 g/mol. The summed E-state index contributed by atoms with van der Waals surface area (Å²) in [6.07, 6.45) is 14.0. The van der Waals surface area contributed by atoms with E-state index in [1.54, 1.807) is 11.3 Å². The van der Waals surface area contributed by atoms with Gasteiger partial charge in [0.15, 0.2) is 5.11 Å². The molecule has 6 heteroatoms. The van der Waals surface area contributed by atoms with E-state index >= 15 is 0 Å². The van der Waals surface area contributed by atoms with Crippen molar-refractivity contribution in [3.63, 3.8) is 0 Å². The van der Waals surface area contributed by atoms with Crippen LogP contribution in [0, 0.1) is 23.2 Å². The third-order valence-corrected chi connectivity index (χ3v) is 9.67. The lowest BCUT2D eigenvalue weighted by molar-refractivity contribution is -0.0718. The van der Waals surface area contributed by atoms with Crippen LogP contribution in [0.5, 0.6) is 0 Å². The lowest BCUT2D eigenvalue weighted by Crippen LogP contribution is -2.57. The zero-order valence-corrected chi connectivity index (χ0v) is 19.9. The van der Waals surface area contributed by atoms with Gasteiger partial charge in [-0.15, -0.1) is 11.3 Å². The monoisotopic (exact) mass is 446 g/mol. The fourth-order valence-corrected chi connectivity index (χ4v) is 9.12. The Labute approximate surface area is 189 Å².